The van der Waals surface area contributed by atoms with Crippen molar-refractivity contribution in [3.8, 4) is 0 Å². The fraction of sp³-hybridized carbons (Fsp3) is 0.333. The second-order valence-electron chi connectivity index (χ2n) is 4.79. The van der Waals surface area contributed by atoms with Gasteiger partial charge < -0.3 is 9.88 Å². The zero-order chi connectivity index (χ0) is 14.4. The minimum atomic E-state index is -0.367. The Morgan fingerprint density at radius 3 is 2.80 bits per heavy atom. The predicted molar refractivity (Wildman–Crippen MR) is 78.4 cm³/mol. The molecule has 1 aromatic carbocycles. The summed E-state index contributed by atoms with van der Waals surface area (Å²) in [4.78, 5) is 10.3. The molecule has 0 amide bonds. The molecule has 0 bridgehead atoms. The summed E-state index contributed by atoms with van der Waals surface area (Å²) in [6.07, 6.45) is 5.33. The van der Waals surface area contributed by atoms with E-state index in [0.717, 1.165) is 25.1 Å². The van der Waals surface area contributed by atoms with E-state index in [4.69, 9.17) is 0 Å². The van der Waals surface area contributed by atoms with Crippen molar-refractivity contribution in [2.75, 3.05) is 0 Å². The summed E-state index contributed by atoms with van der Waals surface area (Å²) in [5, 5.41) is 14.0. The van der Waals surface area contributed by atoms with Crippen LogP contribution in [0.3, 0.4) is 0 Å². The molecular weight excluding hydrogens is 254 g/mol. The monoisotopic (exact) mass is 273 g/mol. The lowest BCUT2D eigenvalue weighted by Gasteiger charge is -2.04. The Hall–Kier alpha value is -2.14. The summed E-state index contributed by atoms with van der Waals surface area (Å²) in [5.74, 6) is 0. The van der Waals surface area contributed by atoms with Gasteiger partial charge in [0, 0.05) is 44.2 Å². The van der Waals surface area contributed by atoms with Crippen LogP contribution in [0.1, 0.15) is 24.5 Å². The summed E-state index contributed by atoms with van der Waals surface area (Å²) in [7, 11) is 0. The molecular formula is C15H19N3O2. The normalized spacial score (nSPS) is 10.7. The van der Waals surface area contributed by atoms with Gasteiger partial charge >= 0.3 is 0 Å². The van der Waals surface area contributed by atoms with Gasteiger partial charge in [0.15, 0.2) is 0 Å². The van der Waals surface area contributed by atoms with Crippen molar-refractivity contribution in [1.29, 1.82) is 0 Å². The number of non-ortho nitro benzene ring substituents is 1. The number of hydrogen-bond donors (Lipinski definition) is 1. The van der Waals surface area contributed by atoms with Crippen LogP contribution in [-0.4, -0.2) is 9.49 Å². The SMILES string of the molecule is CCCn1ccc(CNCc2cccc([N+](=O)[O-])c2)c1. The van der Waals surface area contributed by atoms with Crippen molar-refractivity contribution < 1.29 is 4.92 Å². The first kappa shape index (κ1) is 14.3. The summed E-state index contributed by atoms with van der Waals surface area (Å²) in [6.45, 7) is 4.57. The number of nitrogens with zero attached hydrogens (tertiary/aromatic N) is 2. The molecule has 0 atom stereocenters. The maximum atomic E-state index is 10.7. The largest absolute Gasteiger partial charge is 0.354 e. The maximum Gasteiger partial charge on any atom is 0.269 e. The zero-order valence-electron chi connectivity index (χ0n) is 11.6. The Balaban J connectivity index is 1.85. The molecule has 0 aliphatic heterocycles. The van der Waals surface area contributed by atoms with E-state index in [2.05, 4.69) is 35.3 Å². The average Bonchev–Trinajstić information content (AvgIpc) is 2.87. The van der Waals surface area contributed by atoms with Crippen LogP contribution in [0.2, 0.25) is 0 Å². The Morgan fingerprint density at radius 2 is 2.05 bits per heavy atom. The van der Waals surface area contributed by atoms with Gasteiger partial charge in [0.05, 0.1) is 4.92 Å². The van der Waals surface area contributed by atoms with Crippen molar-refractivity contribution in [2.45, 2.75) is 33.0 Å². The molecule has 0 aliphatic carbocycles. The van der Waals surface area contributed by atoms with Gasteiger partial charge in [-0.25, -0.2) is 0 Å². The molecule has 0 fully saturated rings. The van der Waals surface area contributed by atoms with Crippen LogP contribution in [0, 0.1) is 10.1 Å². The van der Waals surface area contributed by atoms with Gasteiger partial charge in [0.1, 0.15) is 0 Å². The number of aromatic nitrogens is 1. The van der Waals surface area contributed by atoms with Crippen molar-refractivity contribution >= 4 is 5.69 Å². The highest BCUT2D eigenvalue weighted by atomic mass is 16.6. The summed E-state index contributed by atoms with van der Waals surface area (Å²) in [5.41, 5.74) is 2.29. The first-order valence-electron chi connectivity index (χ1n) is 6.77. The van der Waals surface area contributed by atoms with Crippen molar-refractivity contribution in [1.82, 2.24) is 9.88 Å². The van der Waals surface area contributed by atoms with Crippen LogP contribution in [-0.2, 0) is 19.6 Å². The Morgan fingerprint density at radius 1 is 1.25 bits per heavy atom. The van der Waals surface area contributed by atoms with Crippen molar-refractivity contribution in [3.63, 3.8) is 0 Å². The van der Waals surface area contributed by atoms with Gasteiger partial charge in [-0.1, -0.05) is 19.1 Å². The molecule has 0 spiro atoms. The van der Waals surface area contributed by atoms with E-state index in [1.165, 1.54) is 11.6 Å². The lowest BCUT2D eigenvalue weighted by molar-refractivity contribution is -0.384. The van der Waals surface area contributed by atoms with Crippen LogP contribution >= 0.6 is 0 Å². The predicted octanol–water partition coefficient (Wildman–Crippen LogP) is 3.10. The number of nitro groups is 1. The molecule has 1 aromatic heterocycles. The molecule has 2 aromatic rings. The van der Waals surface area contributed by atoms with Gasteiger partial charge in [-0.15, -0.1) is 0 Å². The highest BCUT2D eigenvalue weighted by Crippen LogP contribution is 2.13. The van der Waals surface area contributed by atoms with Gasteiger partial charge in [0.25, 0.3) is 5.69 Å². The average molecular weight is 273 g/mol. The number of nitro benzene ring substituents is 1. The lowest BCUT2D eigenvalue weighted by Crippen LogP contribution is -2.12. The minimum Gasteiger partial charge on any atom is -0.354 e. The molecule has 106 valence electrons. The molecule has 1 heterocycles. The molecule has 1 N–H and O–H groups in total. The van der Waals surface area contributed by atoms with Crippen LogP contribution in [0.25, 0.3) is 0 Å². The van der Waals surface area contributed by atoms with Crippen LogP contribution < -0.4 is 5.32 Å². The number of rotatable bonds is 7. The van der Waals surface area contributed by atoms with E-state index in [1.807, 2.05) is 6.07 Å². The van der Waals surface area contributed by atoms with E-state index in [1.54, 1.807) is 12.1 Å². The fourth-order valence-electron chi connectivity index (χ4n) is 2.12. The van der Waals surface area contributed by atoms with Gasteiger partial charge in [-0.05, 0) is 23.6 Å². The van der Waals surface area contributed by atoms with E-state index in [0.29, 0.717) is 6.54 Å². The maximum absolute atomic E-state index is 10.7. The van der Waals surface area contributed by atoms with Crippen LogP contribution in [0.15, 0.2) is 42.7 Å². The summed E-state index contributed by atoms with van der Waals surface area (Å²) in [6, 6.07) is 8.81. The third-order valence-corrected chi connectivity index (χ3v) is 3.07. The summed E-state index contributed by atoms with van der Waals surface area (Å²) >= 11 is 0. The van der Waals surface area contributed by atoms with E-state index in [-0.39, 0.29) is 10.6 Å². The lowest BCUT2D eigenvalue weighted by atomic mass is 10.2. The van der Waals surface area contributed by atoms with E-state index < -0.39 is 0 Å². The smallest absolute Gasteiger partial charge is 0.269 e. The topological polar surface area (TPSA) is 60.1 Å². The second-order valence-corrected chi connectivity index (χ2v) is 4.79. The third-order valence-electron chi connectivity index (χ3n) is 3.07. The molecule has 0 radical (unpaired) electrons. The highest BCUT2D eigenvalue weighted by Gasteiger charge is 2.05. The number of nitrogens with one attached hydrogen (secondary N) is 1. The third kappa shape index (κ3) is 3.93. The van der Waals surface area contributed by atoms with Gasteiger partial charge in [-0.2, -0.15) is 0 Å². The van der Waals surface area contributed by atoms with E-state index >= 15 is 0 Å². The van der Waals surface area contributed by atoms with Crippen LogP contribution in [0.5, 0.6) is 0 Å². The molecule has 5 nitrogen and oxygen atoms in total. The Labute approximate surface area is 118 Å². The number of benzene rings is 1. The molecule has 0 saturated heterocycles. The Bertz CT molecular complexity index is 578. The van der Waals surface area contributed by atoms with Crippen molar-refractivity contribution in [2.24, 2.45) is 0 Å². The standard InChI is InChI=1S/C15H19N3O2/c1-2-7-17-8-6-14(12-17)11-16-10-13-4-3-5-15(9-13)18(19)20/h3-6,8-9,12,16H,2,7,10-11H2,1H3. The summed E-state index contributed by atoms with van der Waals surface area (Å²) < 4.78 is 2.17. The quantitative estimate of drug-likeness (QED) is 0.623. The van der Waals surface area contributed by atoms with E-state index in [9.17, 15) is 10.1 Å². The van der Waals surface area contributed by atoms with Crippen molar-refractivity contribution in [3.05, 3.63) is 64.0 Å². The molecule has 20 heavy (non-hydrogen) atoms. The zero-order valence-corrected chi connectivity index (χ0v) is 11.6. The molecule has 0 saturated carbocycles. The van der Waals surface area contributed by atoms with Crippen LogP contribution in [0.4, 0.5) is 5.69 Å². The molecule has 0 unspecified atom stereocenters. The van der Waals surface area contributed by atoms with Gasteiger partial charge in [-0.3, -0.25) is 10.1 Å². The second kappa shape index (κ2) is 6.86. The minimum absolute atomic E-state index is 0.137. The molecule has 2 rings (SSSR count). The Kier molecular flexibility index (Phi) is 4.90. The first-order chi connectivity index (χ1) is 9.69. The number of aryl methyl sites for hydroxylation is 1. The highest BCUT2D eigenvalue weighted by molar-refractivity contribution is 5.34. The molecule has 0 aliphatic rings. The molecule has 5 heteroatoms. The number of hydrogen-bond acceptors (Lipinski definition) is 3. The fourth-order valence-corrected chi connectivity index (χ4v) is 2.12. The first-order valence-corrected chi connectivity index (χ1v) is 6.77. The van der Waals surface area contributed by atoms with Gasteiger partial charge in [0.2, 0.25) is 0 Å².